The van der Waals surface area contributed by atoms with Crippen LogP contribution in [0.15, 0.2) is 53.4 Å². The van der Waals surface area contributed by atoms with Crippen LogP contribution in [0.4, 0.5) is 0 Å². The van der Waals surface area contributed by atoms with Crippen LogP contribution in [0.2, 0.25) is 0 Å². The van der Waals surface area contributed by atoms with E-state index in [0.717, 1.165) is 31.4 Å². The van der Waals surface area contributed by atoms with E-state index < -0.39 is 0 Å². The molecule has 148 valence electrons. The summed E-state index contributed by atoms with van der Waals surface area (Å²) in [5.41, 5.74) is 1.95. The quantitative estimate of drug-likeness (QED) is 0.792. The Morgan fingerprint density at radius 3 is 2.68 bits per heavy atom. The number of benzene rings is 2. The minimum absolute atomic E-state index is 0.0174. The van der Waals surface area contributed by atoms with Crippen molar-refractivity contribution in [3.8, 4) is 5.75 Å². The van der Waals surface area contributed by atoms with Crippen LogP contribution in [0.1, 0.15) is 47.5 Å². The fourth-order valence-corrected chi connectivity index (χ4v) is 6.11. The van der Waals surface area contributed by atoms with Crippen molar-refractivity contribution in [2.24, 2.45) is 5.41 Å². The van der Waals surface area contributed by atoms with E-state index in [4.69, 9.17) is 4.74 Å². The molecule has 1 fully saturated rings. The summed E-state index contributed by atoms with van der Waals surface area (Å²) >= 11 is 1.91. The maximum Gasteiger partial charge on any atom is 0.255 e. The van der Waals surface area contributed by atoms with Crippen molar-refractivity contribution in [1.29, 1.82) is 0 Å². The highest BCUT2D eigenvalue weighted by Gasteiger charge is 2.45. The molecule has 1 atom stereocenters. The molecule has 2 aromatic rings. The average Bonchev–Trinajstić information content (AvgIpc) is 3.18. The van der Waals surface area contributed by atoms with Gasteiger partial charge in [-0.1, -0.05) is 30.3 Å². The van der Waals surface area contributed by atoms with E-state index in [1.165, 1.54) is 10.5 Å². The van der Waals surface area contributed by atoms with E-state index in [9.17, 15) is 9.90 Å². The van der Waals surface area contributed by atoms with Gasteiger partial charge in [0, 0.05) is 23.1 Å². The van der Waals surface area contributed by atoms with Gasteiger partial charge >= 0.3 is 0 Å². The Kier molecular flexibility index (Phi) is 5.65. The molecule has 0 radical (unpaired) electrons. The van der Waals surface area contributed by atoms with E-state index in [1.54, 1.807) is 13.2 Å². The minimum Gasteiger partial charge on any atom is -0.496 e. The van der Waals surface area contributed by atoms with Crippen molar-refractivity contribution in [3.05, 3.63) is 59.7 Å². The molecule has 1 amide bonds. The molecule has 0 aromatic heterocycles. The lowest BCUT2D eigenvalue weighted by Crippen LogP contribution is -2.45. The average molecular weight is 398 g/mol. The van der Waals surface area contributed by atoms with Crippen LogP contribution in [0.5, 0.6) is 5.75 Å². The molecule has 1 heterocycles. The monoisotopic (exact) mass is 397 g/mol. The predicted molar refractivity (Wildman–Crippen MR) is 112 cm³/mol. The molecule has 0 saturated heterocycles. The Morgan fingerprint density at radius 1 is 1.18 bits per heavy atom. The topological polar surface area (TPSA) is 58.6 Å². The fourth-order valence-electron chi connectivity index (χ4n) is 4.68. The van der Waals surface area contributed by atoms with Crippen LogP contribution in [0.3, 0.4) is 0 Å². The van der Waals surface area contributed by atoms with Gasteiger partial charge in [-0.3, -0.25) is 4.79 Å². The lowest BCUT2D eigenvalue weighted by Gasteiger charge is -2.44. The minimum atomic E-state index is -0.220. The largest absolute Gasteiger partial charge is 0.496 e. The fraction of sp³-hybridized carbons (Fsp3) is 0.435. The standard InChI is InChI=1S/C23H27NO3S/c1-27-20-8-4-2-7-18(20)22(26)24-15-23(12-10-16(25)11-13-23)19-14-28-21-9-5-3-6-17(19)21/h2-9,16,19,25H,10-15H2,1H3,(H,24,26). The first-order valence-corrected chi connectivity index (χ1v) is 10.9. The molecule has 1 unspecified atom stereocenters. The van der Waals surface area contributed by atoms with Crippen molar-refractivity contribution in [2.75, 3.05) is 19.4 Å². The normalized spacial score (nSPS) is 26.5. The molecule has 1 aliphatic heterocycles. The number of carbonyl (C=O) groups excluding carboxylic acids is 1. The number of fused-ring (bicyclic) bond motifs is 1. The SMILES string of the molecule is COc1ccccc1C(=O)NCC1(C2CSc3ccccc32)CCC(O)CC1. The van der Waals surface area contributed by atoms with Gasteiger partial charge in [0.15, 0.2) is 0 Å². The third-order valence-corrected chi connectivity index (χ3v) is 7.53. The molecule has 0 bridgehead atoms. The Hall–Kier alpha value is -1.98. The van der Waals surface area contributed by atoms with E-state index in [1.807, 2.05) is 30.0 Å². The number of ether oxygens (including phenoxy) is 1. The maximum atomic E-state index is 12.9. The highest BCUT2D eigenvalue weighted by Crippen LogP contribution is 2.54. The summed E-state index contributed by atoms with van der Waals surface area (Å²) in [5.74, 6) is 1.94. The second kappa shape index (κ2) is 8.18. The van der Waals surface area contributed by atoms with Crippen molar-refractivity contribution in [2.45, 2.75) is 42.6 Å². The van der Waals surface area contributed by atoms with Gasteiger partial charge < -0.3 is 15.2 Å². The number of hydrogen-bond donors (Lipinski definition) is 2. The van der Waals surface area contributed by atoms with Crippen molar-refractivity contribution in [3.63, 3.8) is 0 Å². The lowest BCUT2D eigenvalue weighted by molar-refractivity contribution is 0.0482. The number of thioether (sulfide) groups is 1. The van der Waals surface area contributed by atoms with Crippen LogP contribution in [0.25, 0.3) is 0 Å². The summed E-state index contributed by atoms with van der Waals surface area (Å²) in [6.07, 6.45) is 3.24. The van der Waals surface area contributed by atoms with E-state index in [0.29, 0.717) is 23.8 Å². The van der Waals surface area contributed by atoms with Crippen LogP contribution >= 0.6 is 11.8 Å². The molecule has 2 N–H and O–H groups in total. The van der Waals surface area contributed by atoms with Gasteiger partial charge in [-0.05, 0) is 54.9 Å². The van der Waals surface area contributed by atoms with Gasteiger partial charge in [0.25, 0.3) is 5.91 Å². The van der Waals surface area contributed by atoms with Crippen molar-refractivity contribution >= 4 is 17.7 Å². The van der Waals surface area contributed by atoms with Gasteiger partial charge in [-0.15, -0.1) is 11.8 Å². The summed E-state index contributed by atoms with van der Waals surface area (Å²) in [6, 6.07) is 16.0. The molecule has 1 saturated carbocycles. The Labute approximate surface area is 170 Å². The van der Waals surface area contributed by atoms with Crippen LogP contribution in [-0.2, 0) is 0 Å². The molecule has 4 nitrogen and oxygen atoms in total. The third-order valence-electron chi connectivity index (χ3n) is 6.34. The summed E-state index contributed by atoms with van der Waals surface area (Å²) < 4.78 is 5.35. The molecule has 0 spiro atoms. The summed E-state index contributed by atoms with van der Waals surface area (Å²) in [4.78, 5) is 14.2. The van der Waals surface area contributed by atoms with Gasteiger partial charge in [0.05, 0.1) is 18.8 Å². The number of hydrogen-bond acceptors (Lipinski definition) is 4. The highest BCUT2D eigenvalue weighted by atomic mass is 32.2. The van der Waals surface area contributed by atoms with E-state index in [-0.39, 0.29) is 17.4 Å². The number of aliphatic hydroxyl groups is 1. The second-order valence-corrected chi connectivity index (χ2v) is 8.94. The van der Waals surface area contributed by atoms with E-state index in [2.05, 4.69) is 29.6 Å². The third kappa shape index (κ3) is 3.65. The first-order chi connectivity index (χ1) is 13.6. The zero-order valence-corrected chi connectivity index (χ0v) is 17.0. The number of para-hydroxylation sites is 1. The number of methoxy groups -OCH3 is 1. The molecule has 4 rings (SSSR count). The maximum absolute atomic E-state index is 12.9. The summed E-state index contributed by atoms with van der Waals surface area (Å²) in [6.45, 7) is 0.621. The number of amides is 1. The van der Waals surface area contributed by atoms with Crippen LogP contribution in [0, 0.1) is 5.41 Å². The van der Waals surface area contributed by atoms with Crippen LogP contribution in [-0.4, -0.2) is 36.5 Å². The zero-order valence-electron chi connectivity index (χ0n) is 16.2. The second-order valence-electron chi connectivity index (χ2n) is 7.88. The van der Waals surface area contributed by atoms with Gasteiger partial charge in [0.1, 0.15) is 5.75 Å². The van der Waals surface area contributed by atoms with Gasteiger partial charge in [0.2, 0.25) is 0 Å². The molecule has 28 heavy (non-hydrogen) atoms. The summed E-state index contributed by atoms with van der Waals surface area (Å²) in [7, 11) is 1.59. The zero-order chi connectivity index (χ0) is 19.6. The highest BCUT2D eigenvalue weighted by molar-refractivity contribution is 7.99. The first-order valence-electron chi connectivity index (χ1n) is 9.94. The van der Waals surface area contributed by atoms with Gasteiger partial charge in [-0.25, -0.2) is 0 Å². The number of nitrogens with one attached hydrogen (secondary N) is 1. The Morgan fingerprint density at radius 2 is 1.89 bits per heavy atom. The molecule has 1 aliphatic carbocycles. The first kappa shape index (κ1) is 19.3. The number of carbonyl (C=O) groups is 1. The smallest absolute Gasteiger partial charge is 0.255 e. The lowest BCUT2D eigenvalue weighted by atomic mass is 9.63. The Balaban J connectivity index is 1.57. The van der Waals surface area contributed by atoms with Gasteiger partial charge in [-0.2, -0.15) is 0 Å². The van der Waals surface area contributed by atoms with Crippen LogP contribution < -0.4 is 10.1 Å². The molecule has 5 heteroatoms. The number of rotatable bonds is 5. The molecular weight excluding hydrogens is 370 g/mol. The number of aliphatic hydroxyl groups excluding tert-OH is 1. The van der Waals surface area contributed by atoms with E-state index >= 15 is 0 Å². The Bertz CT molecular complexity index is 845. The predicted octanol–water partition coefficient (Wildman–Crippen LogP) is 4.24. The van der Waals surface area contributed by atoms with Crippen molar-refractivity contribution < 1.29 is 14.6 Å². The molecule has 2 aromatic carbocycles. The molecule has 2 aliphatic rings. The summed E-state index contributed by atoms with van der Waals surface area (Å²) in [5, 5.41) is 13.3. The molecular formula is C23H27NO3S. The van der Waals surface area contributed by atoms with Crippen molar-refractivity contribution in [1.82, 2.24) is 5.32 Å².